The zero-order valence-electron chi connectivity index (χ0n) is 14.2. The van der Waals surface area contributed by atoms with E-state index in [1.54, 1.807) is 0 Å². The van der Waals surface area contributed by atoms with Crippen LogP contribution in [-0.4, -0.2) is 18.6 Å². The highest BCUT2D eigenvalue weighted by atomic mass is 16.5. The smallest absolute Gasteiger partial charge is 0.333 e. The topological polar surface area (TPSA) is 38.3 Å². The zero-order chi connectivity index (χ0) is 16.5. The predicted octanol–water partition coefficient (Wildman–Crippen LogP) is 4.23. The monoisotopic (exact) mass is 315 g/mol. The minimum Gasteiger partial charge on any atom is -0.463 e. The highest BCUT2D eigenvalue weighted by molar-refractivity contribution is 5.87. The van der Waals surface area contributed by atoms with Crippen LogP contribution in [0.4, 0.5) is 0 Å². The van der Waals surface area contributed by atoms with E-state index in [0.717, 1.165) is 6.54 Å². The molecule has 0 unspecified atom stereocenters. The summed E-state index contributed by atoms with van der Waals surface area (Å²) in [5.74, 6) is 0.369. The predicted molar refractivity (Wildman–Crippen MR) is 94.0 cm³/mol. The summed E-state index contributed by atoms with van der Waals surface area (Å²) in [6.07, 6.45) is 7.07. The van der Waals surface area contributed by atoms with Crippen LogP contribution < -0.4 is 5.32 Å². The van der Waals surface area contributed by atoms with Crippen LogP contribution in [-0.2, 0) is 16.1 Å². The van der Waals surface area contributed by atoms with E-state index in [1.165, 1.54) is 37.7 Å². The minimum absolute atomic E-state index is 0.255. The Hall–Kier alpha value is -1.61. The van der Waals surface area contributed by atoms with Crippen LogP contribution in [0.3, 0.4) is 0 Å². The molecule has 0 aromatic heterocycles. The van der Waals surface area contributed by atoms with Gasteiger partial charge in [-0.15, -0.1) is 0 Å². The second kappa shape index (κ2) is 9.51. The van der Waals surface area contributed by atoms with Crippen LogP contribution in [0.1, 0.15) is 51.0 Å². The first-order valence-corrected chi connectivity index (χ1v) is 8.83. The third kappa shape index (κ3) is 5.83. The molecule has 0 amide bonds. The average molecular weight is 315 g/mol. The number of nitrogens with one attached hydrogen (secondary N) is 1. The largest absolute Gasteiger partial charge is 0.463 e. The molecule has 3 nitrogen and oxygen atoms in total. The lowest BCUT2D eigenvalue weighted by Crippen LogP contribution is -2.38. The number of ether oxygens (including phenoxy) is 1. The Labute approximate surface area is 140 Å². The Balaban J connectivity index is 1.96. The van der Waals surface area contributed by atoms with Crippen LogP contribution in [0.2, 0.25) is 0 Å². The highest BCUT2D eigenvalue weighted by Crippen LogP contribution is 2.29. The van der Waals surface area contributed by atoms with Crippen LogP contribution in [0.15, 0.2) is 42.5 Å². The van der Waals surface area contributed by atoms with E-state index < -0.39 is 0 Å². The third-order valence-electron chi connectivity index (χ3n) is 4.66. The number of hydrogen-bond acceptors (Lipinski definition) is 3. The lowest BCUT2D eigenvalue weighted by atomic mass is 9.81. The maximum Gasteiger partial charge on any atom is 0.333 e. The third-order valence-corrected chi connectivity index (χ3v) is 4.66. The van der Waals surface area contributed by atoms with Crippen molar-refractivity contribution in [3.05, 3.63) is 48.0 Å². The number of rotatable bonds is 8. The fraction of sp³-hybridized carbons (Fsp3) is 0.550. The van der Waals surface area contributed by atoms with Crippen molar-refractivity contribution < 1.29 is 9.53 Å². The zero-order valence-corrected chi connectivity index (χ0v) is 14.2. The SMILES string of the molecule is C=C(C[C@@H](NCc1ccccc1)C1CCCCC1)C(=O)OCC. The molecule has 1 aliphatic carbocycles. The molecule has 0 bridgehead atoms. The van der Waals surface area contributed by atoms with E-state index in [0.29, 0.717) is 30.6 Å². The van der Waals surface area contributed by atoms with Gasteiger partial charge in [-0.1, -0.05) is 56.2 Å². The fourth-order valence-corrected chi connectivity index (χ4v) is 3.37. The van der Waals surface area contributed by atoms with Gasteiger partial charge in [0.1, 0.15) is 0 Å². The Bertz CT molecular complexity index is 492. The van der Waals surface area contributed by atoms with E-state index in [2.05, 4.69) is 36.2 Å². The second-order valence-corrected chi connectivity index (χ2v) is 6.40. The Morgan fingerprint density at radius 1 is 1.26 bits per heavy atom. The van der Waals surface area contributed by atoms with E-state index in [1.807, 2.05) is 13.0 Å². The molecule has 1 aromatic rings. The molecule has 1 atom stereocenters. The number of carbonyl (C=O) groups excluding carboxylic acids is 1. The van der Waals surface area contributed by atoms with Crippen molar-refractivity contribution in [2.75, 3.05) is 6.61 Å². The van der Waals surface area contributed by atoms with Crippen molar-refractivity contribution in [2.45, 2.75) is 58.0 Å². The summed E-state index contributed by atoms with van der Waals surface area (Å²) < 4.78 is 5.09. The molecule has 0 spiro atoms. The van der Waals surface area contributed by atoms with Gasteiger partial charge < -0.3 is 10.1 Å². The molecule has 1 saturated carbocycles. The van der Waals surface area contributed by atoms with Gasteiger partial charge in [-0.3, -0.25) is 0 Å². The first-order valence-electron chi connectivity index (χ1n) is 8.83. The number of esters is 1. The van der Waals surface area contributed by atoms with Gasteiger partial charge in [0.25, 0.3) is 0 Å². The van der Waals surface area contributed by atoms with Crippen molar-refractivity contribution in [3.63, 3.8) is 0 Å². The van der Waals surface area contributed by atoms with Crippen LogP contribution in [0, 0.1) is 5.92 Å². The van der Waals surface area contributed by atoms with Gasteiger partial charge in [-0.25, -0.2) is 4.79 Å². The minimum atomic E-state index is -0.255. The number of benzene rings is 1. The molecule has 0 aliphatic heterocycles. The Morgan fingerprint density at radius 3 is 2.61 bits per heavy atom. The average Bonchev–Trinajstić information content (AvgIpc) is 2.60. The van der Waals surface area contributed by atoms with Gasteiger partial charge in [0.2, 0.25) is 0 Å². The maximum absolute atomic E-state index is 11.9. The van der Waals surface area contributed by atoms with Crippen molar-refractivity contribution in [1.29, 1.82) is 0 Å². The summed E-state index contributed by atoms with van der Waals surface area (Å²) in [6, 6.07) is 10.7. The van der Waals surface area contributed by atoms with E-state index >= 15 is 0 Å². The maximum atomic E-state index is 11.9. The molecule has 1 fully saturated rings. The van der Waals surface area contributed by atoms with E-state index in [-0.39, 0.29) is 5.97 Å². The van der Waals surface area contributed by atoms with Crippen molar-refractivity contribution in [2.24, 2.45) is 5.92 Å². The molecular formula is C20H29NO2. The Kier molecular flexibility index (Phi) is 7.34. The summed E-state index contributed by atoms with van der Waals surface area (Å²) in [7, 11) is 0. The van der Waals surface area contributed by atoms with Gasteiger partial charge in [0, 0.05) is 18.2 Å². The van der Waals surface area contributed by atoms with E-state index in [9.17, 15) is 4.79 Å². The summed E-state index contributed by atoms with van der Waals surface area (Å²) in [5.41, 5.74) is 1.86. The van der Waals surface area contributed by atoms with Crippen molar-refractivity contribution >= 4 is 5.97 Å². The summed E-state index contributed by atoms with van der Waals surface area (Å²) in [5, 5.41) is 3.67. The lowest BCUT2D eigenvalue weighted by molar-refractivity contribution is -0.138. The molecule has 1 aromatic carbocycles. The molecule has 23 heavy (non-hydrogen) atoms. The lowest BCUT2D eigenvalue weighted by Gasteiger charge is -2.31. The molecule has 2 rings (SSSR count). The van der Waals surface area contributed by atoms with Gasteiger partial charge in [0.05, 0.1) is 6.61 Å². The quantitative estimate of drug-likeness (QED) is 0.576. The first-order chi connectivity index (χ1) is 11.2. The standard InChI is InChI=1S/C20H29NO2/c1-3-23-20(22)16(2)14-19(18-12-8-5-9-13-18)21-15-17-10-6-4-7-11-17/h4,6-7,10-11,18-19,21H,2-3,5,8-9,12-15H2,1H3/t19-/m1/s1. The van der Waals surface area contributed by atoms with Gasteiger partial charge >= 0.3 is 5.97 Å². The molecule has 1 aliphatic rings. The number of carbonyl (C=O) groups is 1. The fourth-order valence-electron chi connectivity index (χ4n) is 3.37. The molecule has 3 heteroatoms. The first kappa shape index (κ1) is 17.7. The molecule has 0 heterocycles. The summed E-state index contributed by atoms with van der Waals surface area (Å²) >= 11 is 0. The number of hydrogen-bond donors (Lipinski definition) is 1. The molecule has 0 radical (unpaired) electrons. The molecule has 126 valence electrons. The van der Waals surface area contributed by atoms with Crippen molar-refractivity contribution in [1.82, 2.24) is 5.32 Å². The van der Waals surface area contributed by atoms with Crippen molar-refractivity contribution in [3.8, 4) is 0 Å². The summed E-state index contributed by atoms with van der Waals surface area (Å²) in [6.45, 7) is 7.02. The summed E-state index contributed by atoms with van der Waals surface area (Å²) in [4.78, 5) is 11.9. The molecule has 0 saturated heterocycles. The van der Waals surface area contributed by atoms with E-state index in [4.69, 9.17) is 4.74 Å². The molecular weight excluding hydrogens is 286 g/mol. The second-order valence-electron chi connectivity index (χ2n) is 6.40. The highest BCUT2D eigenvalue weighted by Gasteiger charge is 2.25. The van der Waals surface area contributed by atoms with Gasteiger partial charge in [0.15, 0.2) is 0 Å². The van der Waals surface area contributed by atoms with Gasteiger partial charge in [-0.2, -0.15) is 0 Å². The Morgan fingerprint density at radius 2 is 1.96 bits per heavy atom. The normalized spacial score (nSPS) is 16.7. The van der Waals surface area contributed by atoms with Crippen LogP contribution in [0.5, 0.6) is 0 Å². The van der Waals surface area contributed by atoms with Gasteiger partial charge in [-0.05, 0) is 37.7 Å². The molecule has 1 N–H and O–H groups in total. The van der Waals surface area contributed by atoms with Crippen LogP contribution >= 0.6 is 0 Å². The van der Waals surface area contributed by atoms with Crippen LogP contribution in [0.25, 0.3) is 0 Å².